The van der Waals surface area contributed by atoms with Gasteiger partial charge >= 0.3 is 0 Å². The maximum Gasteiger partial charge on any atom is 0.198 e. The summed E-state index contributed by atoms with van der Waals surface area (Å²) >= 11 is 3.38. The summed E-state index contributed by atoms with van der Waals surface area (Å²) in [5.41, 5.74) is 5.08. The van der Waals surface area contributed by atoms with E-state index in [4.69, 9.17) is 0 Å². The van der Waals surface area contributed by atoms with Crippen molar-refractivity contribution in [1.29, 1.82) is 0 Å². The zero-order chi connectivity index (χ0) is 37.1. The lowest BCUT2D eigenvalue weighted by Crippen LogP contribution is -2.22. The van der Waals surface area contributed by atoms with Crippen molar-refractivity contribution in [2.45, 2.75) is 70.6 Å². The summed E-state index contributed by atoms with van der Waals surface area (Å²) in [6.07, 6.45) is 9.55. The van der Waals surface area contributed by atoms with Crippen LogP contribution in [0.2, 0.25) is 0 Å². The van der Waals surface area contributed by atoms with Crippen LogP contribution < -0.4 is 0 Å². The molecule has 53 heavy (non-hydrogen) atoms. The molecule has 2 heterocycles. The molecule has 0 bridgehead atoms. The Morgan fingerprint density at radius 2 is 0.868 bits per heavy atom. The van der Waals surface area contributed by atoms with E-state index in [2.05, 4.69) is 26.0 Å². The van der Waals surface area contributed by atoms with Crippen molar-refractivity contribution in [3.8, 4) is 9.75 Å². The van der Waals surface area contributed by atoms with E-state index in [0.717, 1.165) is 83.7 Å². The zero-order valence-corrected chi connectivity index (χ0v) is 30.4. The normalized spacial score (nSPS) is 18.8. The third-order valence-corrected chi connectivity index (χ3v) is 14.3. The fourth-order valence-electron chi connectivity index (χ4n) is 8.91. The van der Waals surface area contributed by atoms with Crippen molar-refractivity contribution < 1.29 is 36.7 Å². The van der Waals surface area contributed by atoms with Gasteiger partial charge in [0.1, 0.15) is 0 Å². The monoisotopic (exact) mass is 750 g/mol. The highest BCUT2D eigenvalue weighted by atomic mass is 32.1. The number of hydrogen-bond acceptors (Lipinski definition) is 6. The fraction of sp³-hybridized carbons (Fsp3) is 0.256. The summed E-state index contributed by atoms with van der Waals surface area (Å²) in [4.78, 5) is 57.7. The van der Waals surface area contributed by atoms with Gasteiger partial charge in [0.2, 0.25) is 0 Å². The topological polar surface area (TPSA) is 68.3 Å². The van der Waals surface area contributed by atoms with Crippen LogP contribution in [0, 0.1) is 23.3 Å². The van der Waals surface area contributed by atoms with E-state index >= 15 is 0 Å². The van der Waals surface area contributed by atoms with Crippen LogP contribution in [0.1, 0.15) is 128 Å². The van der Waals surface area contributed by atoms with Crippen LogP contribution in [0.15, 0.2) is 70.8 Å². The summed E-state index contributed by atoms with van der Waals surface area (Å²) in [7, 11) is 0. The Bertz CT molecular complexity index is 2290. The number of carbonyl (C=O) groups is 4. The number of Topliss-reactive ketones (excluding diaryl/α,β-unsaturated/α-hetero) is 4. The summed E-state index contributed by atoms with van der Waals surface area (Å²) in [6.45, 7) is 4.37. The maximum atomic E-state index is 14.0. The molecule has 9 rings (SSSR count). The Labute approximate surface area is 310 Å². The predicted octanol–water partition coefficient (Wildman–Crippen LogP) is 11.3. The van der Waals surface area contributed by atoms with E-state index in [1.54, 1.807) is 22.7 Å². The number of halogens is 4. The first-order valence-corrected chi connectivity index (χ1v) is 19.4. The molecule has 0 amide bonds. The Hall–Kier alpha value is -4.80. The highest BCUT2D eigenvalue weighted by Crippen LogP contribution is 2.60. The van der Waals surface area contributed by atoms with E-state index < -0.39 is 46.4 Å². The van der Waals surface area contributed by atoms with Crippen LogP contribution in [0.5, 0.6) is 0 Å². The second-order valence-electron chi connectivity index (χ2n) is 14.3. The molecule has 0 unspecified atom stereocenters. The van der Waals surface area contributed by atoms with Gasteiger partial charge in [-0.1, -0.05) is 26.0 Å². The van der Waals surface area contributed by atoms with E-state index in [1.807, 2.05) is 12.2 Å². The van der Waals surface area contributed by atoms with Gasteiger partial charge in [-0.3, -0.25) is 19.2 Å². The van der Waals surface area contributed by atoms with Gasteiger partial charge in [-0.15, -0.1) is 22.7 Å². The average Bonchev–Trinajstić information content (AvgIpc) is 3.93. The van der Waals surface area contributed by atoms with Gasteiger partial charge in [-0.2, -0.15) is 0 Å². The van der Waals surface area contributed by atoms with Crippen molar-refractivity contribution in [3.63, 3.8) is 0 Å². The average molecular weight is 751 g/mol. The van der Waals surface area contributed by atoms with Crippen LogP contribution in [0.3, 0.4) is 0 Å². The second-order valence-corrected chi connectivity index (χ2v) is 16.4. The van der Waals surface area contributed by atoms with Gasteiger partial charge in [-0.05, 0) is 121 Å². The summed E-state index contributed by atoms with van der Waals surface area (Å²) in [5, 5.41) is 0. The number of ketones is 4. The molecule has 0 saturated carbocycles. The van der Waals surface area contributed by atoms with Crippen LogP contribution in [-0.4, -0.2) is 23.1 Å². The highest BCUT2D eigenvalue weighted by Gasteiger charge is 2.45. The molecule has 0 fully saturated rings. The SMILES string of the molecule is CCC1(CC)c2cc(C3=CC(=C4C(=O)c5cc(F)c(F)cc5C4=O)CCC3)sc2-c2sc(C3=CC(=C4C(=O)c5cc(F)c(F)cc5C4=O)CCC3)cc21. The number of carbonyl (C=O) groups excluding carboxylic acids is 4. The maximum absolute atomic E-state index is 14.0. The molecule has 5 aliphatic rings. The summed E-state index contributed by atoms with van der Waals surface area (Å²) in [6, 6.07) is 7.76. The van der Waals surface area contributed by atoms with Crippen LogP contribution in [0.4, 0.5) is 17.6 Å². The minimum absolute atomic E-state index is 0.00718. The number of fused-ring (bicyclic) bond motifs is 5. The van der Waals surface area contributed by atoms with Gasteiger partial charge in [0.15, 0.2) is 46.4 Å². The van der Waals surface area contributed by atoms with Crippen molar-refractivity contribution in [3.05, 3.63) is 137 Å². The molecule has 5 aliphatic carbocycles. The molecule has 2 aromatic carbocycles. The molecule has 0 aliphatic heterocycles. The van der Waals surface area contributed by atoms with Crippen molar-refractivity contribution in [2.24, 2.45) is 0 Å². The first kappa shape index (κ1) is 34.0. The molecule has 0 radical (unpaired) electrons. The zero-order valence-electron chi connectivity index (χ0n) is 28.7. The Balaban J connectivity index is 1.09. The molecular formula is C43H30F4O4S2. The number of allylic oxidation sites excluding steroid dienone is 8. The fourth-order valence-corrected chi connectivity index (χ4v) is 11.7. The van der Waals surface area contributed by atoms with E-state index in [-0.39, 0.29) is 38.8 Å². The molecular weight excluding hydrogens is 721 g/mol. The number of thiophene rings is 2. The van der Waals surface area contributed by atoms with Gasteiger partial charge in [0.05, 0.1) is 11.1 Å². The number of rotatable bonds is 4. The lowest BCUT2D eigenvalue weighted by atomic mass is 9.74. The Kier molecular flexibility index (Phi) is 7.77. The van der Waals surface area contributed by atoms with Crippen LogP contribution >= 0.6 is 22.7 Å². The van der Waals surface area contributed by atoms with Crippen LogP contribution in [0.25, 0.3) is 20.9 Å². The van der Waals surface area contributed by atoms with Crippen molar-refractivity contribution in [2.75, 3.05) is 0 Å². The molecule has 0 atom stereocenters. The third-order valence-electron chi connectivity index (χ3n) is 11.7. The number of hydrogen-bond donors (Lipinski definition) is 0. The Morgan fingerprint density at radius 3 is 1.19 bits per heavy atom. The quantitative estimate of drug-likeness (QED) is 0.118. The Morgan fingerprint density at radius 1 is 0.528 bits per heavy atom. The molecule has 10 heteroatoms. The lowest BCUT2D eigenvalue weighted by Gasteiger charge is -2.28. The second kappa shape index (κ2) is 12.1. The minimum atomic E-state index is -1.16. The van der Waals surface area contributed by atoms with E-state index in [1.165, 1.54) is 20.9 Å². The molecule has 2 aromatic heterocycles. The summed E-state index contributed by atoms with van der Waals surface area (Å²) in [5.74, 6) is -6.91. The summed E-state index contributed by atoms with van der Waals surface area (Å²) < 4.78 is 56.0. The van der Waals surface area contributed by atoms with Gasteiger partial charge < -0.3 is 0 Å². The molecule has 0 N–H and O–H groups in total. The first-order valence-electron chi connectivity index (χ1n) is 17.8. The predicted molar refractivity (Wildman–Crippen MR) is 197 cm³/mol. The number of benzene rings is 2. The standard InChI is InChI=1S/C43H30F4O4S2/c1-3-43(4-2)27-17-33(19-7-5-9-21(11-19)35-37(48)23-13-29(44)30(45)14-24(23)38(35)49)52-41(27)42-28(43)18-34(53-42)20-8-6-10-22(12-20)36-39(50)25-15-31(46)32(47)16-26(25)40(36)51/h11-18H,3-10H2,1-2H3. The van der Waals surface area contributed by atoms with E-state index in [0.29, 0.717) is 24.0 Å². The van der Waals surface area contributed by atoms with Gasteiger partial charge in [-0.25, -0.2) is 17.6 Å². The van der Waals surface area contributed by atoms with Crippen molar-refractivity contribution >= 4 is 57.0 Å². The first-order chi connectivity index (χ1) is 25.4. The minimum Gasteiger partial charge on any atom is -0.288 e. The molecule has 266 valence electrons. The smallest absolute Gasteiger partial charge is 0.198 e. The van der Waals surface area contributed by atoms with Crippen molar-refractivity contribution in [1.82, 2.24) is 0 Å². The van der Waals surface area contributed by atoms with Gasteiger partial charge in [0, 0.05) is 47.2 Å². The van der Waals surface area contributed by atoms with Gasteiger partial charge in [0.25, 0.3) is 0 Å². The molecule has 0 saturated heterocycles. The molecule has 4 aromatic rings. The molecule has 4 nitrogen and oxygen atoms in total. The molecule has 0 spiro atoms. The third kappa shape index (κ3) is 4.84. The highest BCUT2D eigenvalue weighted by molar-refractivity contribution is 7.23. The largest absolute Gasteiger partial charge is 0.288 e. The lowest BCUT2D eigenvalue weighted by molar-refractivity contribution is 0.0971. The van der Waals surface area contributed by atoms with E-state index in [9.17, 15) is 36.7 Å². The van der Waals surface area contributed by atoms with Crippen LogP contribution in [-0.2, 0) is 5.41 Å².